The maximum Gasteiger partial charge on any atom is 0.331 e. The van der Waals surface area contributed by atoms with Gasteiger partial charge in [0.15, 0.2) is 6.04 Å². The van der Waals surface area contributed by atoms with Gasteiger partial charge in [-0.25, -0.2) is 4.79 Å². The molecular weight excluding hydrogens is 272 g/mol. The third-order valence-corrected chi connectivity index (χ3v) is 3.12. The molecule has 0 radical (unpaired) electrons. The number of carbonyl (C=O) groups is 2. The first kappa shape index (κ1) is 14.6. The van der Waals surface area contributed by atoms with Gasteiger partial charge in [-0.15, -0.1) is 0 Å². The van der Waals surface area contributed by atoms with Crippen LogP contribution in [0.1, 0.15) is 27.5 Å². The second-order valence-corrected chi connectivity index (χ2v) is 4.76. The van der Waals surface area contributed by atoms with Crippen LogP contribution in [0.4, 0.5) is 5.69 Å². The summed E-state index contributed by atoms with van der Waals surface area (Å²) in [5.74, 6) is -1.66. The highest BCUT2D eigenvalue weighted by atomic mass is 16.4. The molecule has 0 saturated carbocycles. The molecule has 7 heteroatoms. The molecule has 2 rings (SSSR count). The van der Waals surface area contributed by atoms with E-state index < -0.39 is 17.9 Å². The average molecular weight is 288 g/mol. The molecule has 0 saturated heterocycles. The molecule has 1 aromatic heterocycles. The first-order valence-corrected chi connectivity index (χ1v) is 6.27. The first-order chi connectivity index (χ1) is 9.88. The second-order valence-electron chi connectivity index (χ2n) is 4.76. The standard InChI is InChI=1S/C14H16N4O3/c1-8-3-4-9(5-11(8)15)13(19)17-12(14(20)21)10-6-16-18(2)7-10/h3-7,12H,15H2,1-2H3,(H,17,19)(H,20,21). The number of carbonyl (C=O) groups excluding carboxylic acids is 1. The Morgan fingerprint density at radius 3 is 2.67 bits per heavy atom. The van der Waals surface area contributed by atoms with Crippen LogP contribution in [0.15, 0.2) is 30.6 Å². The summed E-state index contributed by atoms with van der Waals surface area (Å²) in [6.07, 6.45) is 2.95. The maximum absolute atomic E-state index is 12.1. The Morgan fingerprint density at radius 1 is 1.43 bits per heavy atom. The maximum atomic E-state index is 12.1. The lowest BCUT2D eigenvalue weighted by Gasteiger charge is -2.13. The molecular formula is C14H16N4O3. The van der Waals surface area contributed by atoms with Crippen molar-refractivity contribution >= 4 is 17.6 Å². The van der Waals surface area contributed by atoms with Crippen LogP contribution < -0.4 is 11.1 Å². The number of carboxylic acids is 1. The number of hydrogen-bond acceptors (Lipinski definition) is 4. The Balaban J connectivity index is 2.22. The lowest BCUT2D eigenvalue weighted by Crippen LogP contribution is -2.33. The SMILES string of the molecule is Cc1ccc(C(=O)NC(C(=O)O)c2cnn(C)c2)cc1N. The van der Waals surface area contributed by atoms with Gasteiger partial charge in [-0.3, -0.25) is 9.48 Å². The summed E-state index contributed by atoms with van der Waals surface area (Å²) in [6.45, 7) is 1.83. The van der Waals surface area contributed by atoms with Gasteiger partial charge in [0.2, 0.25) is 0 Å². The van der Waals surface area contributed by atoms with Crippen molar-refractivity contribution in [1.29, 1.82) is 0 Å². The van der Waals surface area contributed by atoms with Crippen LogP contribution in [0.5, 0.6) is 0 Å². The van der Waals surface area contributed by atoms with Gasteiger partial charge in [0.1, 0.15) is 0 Å². The van der Waals surface area contributed by atoms with Crippen LogP contribution >= 0.6 is 0 Å². The van der Waals surface area contributed by atoms with Crippen molar-refractivity contribution in [3.63, 3.8) is 0 Å². The minimum absolute atomic E-state index is 0.313. The number of nitrogens with zero attached hydrogens (tertiary/aromatic N) is 2. The second kappa shape index (κ2) is 5.66. The highest BCUT2D eigenvalue weighted by Gasteiger charge is 2.24. The Kier molecular flexibility index (Phi) is 3.93. The monoisotopic (exact) mass is 288 g/mol. The molecule has 21 heavy (non-hydrogen) atoms. The van der Waals surface area contributed by atoms with E-state index in [0.29, 0.717) is 16.8 Å². The molecule has 110 valence electrons. The zero-order valence-electron chi connectivity index (χ0n) is 11.7. The fraction of sp³-hybridized carbons (Fsp3) is 0.214. The topological polar surface area (TPSA) is 110 Å². The smallest absolute Gasteiger partial charge is 0.331 e. The third-order valence-electron chi connectivity index (χ3n) is 3.12. The normalized spacial score (nSPS) is 11.9. The van der Waals surface area contributed by atoms with Gasteiger partial charge >= 0.3 is 5.97 Å². The van der Waals surface area contributed by atoms with Crippen LogP contribution in [-0.2, 0) is 11.8 Å². The molecule has 0 aliphatic heterocycles. The Bertz CT molecular complexity index is 693. The van der Waals surface area contributed by atoms with Gasteiger partial charge in [0.25, 0.3) is 5.91 Å². The number of aromatic nitrogens is 2. The lowest BCUT2D eigenvalue weighted by atomic mass is 10.1. The Labute approximate surface area is 121 Å². The summed E-state index contributed by atoms with van der Waals surface area (Å²) in [5.41, 5.74) is 7.81. The Hall–Kier alpha value is -2.83. The summed E-state index contributed by atoms with van der Waals surface area (Å²) in [7, 11) is 1.67. The molecule has 7 nitrogen and oxygen atoms in total. The summed E-state index contributed by atoms with van der Waals surface area (Å²) in [4.78, 5) is 23.5. The van der Waals surface area contributed by atoms with Gasteiger partial charge in [-0.1, -0.05) is 6.07 Å². The highest BCUT2D eigenvalue weighted by molar-refractivity contribution is 5.97. The minimum atomic E-state index is -1.16. The van der Waals surface area contributed by atoms with E-state index in [4.69, 9.17) is 5.73 Å². The molecule has 1 heterocycles. The number of amides is 1. The molecule has 1 aromatic carbocycles. The zero-order chi connectivity index (χ0) is 15.6. The largest absolute Gasteiger partial charge is 0.479 e. The summed E-state index contributed by atoms with van der Waals surface area (Å²) in [6, 6.07) is 3.67. The number of aliphatic carboxylic acids is 1. The molecule has 0 fully saturated rings. The number of nitrogen functional groups attached to an aromatic ring is 1. The molecule has 1 unspecified atom stereocenters. The van der Waals surface area contributed by atoms with E-state index in [-0.39, 0.29) is 0 Å². The lowest BCUT2D eigenvalue weighted by molar-refractivity contribution is -0.139. The van der Waals surface area contributed by atoms with Crippen molar-refractivity contribution in [1.82, 2.24) is 15.1 Å². The minimum Gasteiger partial charge on any atom is -0.479 e. The summed E-state index contributed by atoms with van der Waals surface area (Å²) in [5, 5.41) is 15.6. The number of anilines is 1. The van der Waals surface area contributed by atoms with Gasteiger partial charge in [0, 0.05) is 30.1 Å². The summed E-state index contributed by atoms with van der Waals surface area (Å²) >= 11 is 0. The molecule has 1 atom stereocenters. The number of nitrogens with two attached hydrogens (primary N) is 1. The number of hydrogen-bond donors (Lipinski definition) is 3. The average Bonchev–Trinajstić information content (AvgIpc) is 2.84. The molecule has 0 spiro atoms. The van der Waals surface area contributed by atoms with Crippen molar-refractivity contribution in [2.45, 2.75) is 13.0 Å². The van der Waals surface area contributed by atoms with Crippen LogP contribution in [0, 0.1) is 6.92 Å². The number of benzene rings is 1. The van der Waals surface area contributed by atoms with Crippen LogP contribution in [0.25, 0.3) is 0 Å². The van der Waals surface area contributed by atoms with Crippen LogP contribution in [0.3, 0.4) is 0 Å². The van der Waals surface area contributed by atoms with Crippen molar-refractivity contribution in [3.8, 4) is 0 Å². The van der Waals surface area contributed by atoms with E-state index >= 15 is 0 Å². The number of rotatable bonds is 4. The molecule has 0 aliphatic carbocycles. The Morgan fingerprint density at radius 2 is 2.14 bits per heavy atom. The van der Waals surface area contributed by atoms with E-state index in [1.54, 1.807) is 25.4 Å². The van der Waals surface area contributed by atoms with Gasteiger partial charge in [-0.05, 0) is 24.6 Å². The molecule has 0 bridgehead atoms. The van der Waals surface area contributed by atoms with Crippen LogP contribution in [-0.4, -0.2) is 26.8 Å². The predicted molar refractivity (Wildman–Crippen MR) is 76.6 cm³/mol. The fourth-order valence-corrected chi connectivity index (χ4v) is 1.87. The number of carboxylic acid groups (broad SMARTS) is 1. The number of nitrogens with one attached hydrogen (secondary N) is 1. The summed E-state index contributed by atoms with van der Waals surface area (Å²) < 4.78 is 1.47. The molecule has 0 aliphatic rings. The van der Waals surface area contributed by atoms with E-state index in [1.807, 2.05) is 6.92 Å². The van der Waals surface area contributed by atoms with E-state index in [9.17, 15) is 14.7 Å². The molecule has 1 amide bonds. The van der Waals surface area contributed by atoms with Crippen LogP contribution in [0.2, 0.25) is 0 Å². The van der Waals surface area contributed by atoms with Gasteiger partial charge in [0.05, 0.1) is 6.20 Å². The zero-order valence-corrected chi connectivity index (χ0v) is 11.7. The predicted octanol–water partition coefficient (Wildman–Crippen LogP) is 0.866. The first-order valence-electron chi connectivity index (χ1n) is 6.27. The van der Waals surface area contributed by atoms with Crippen molar-refractivity contribution in [2.75, 3.05) is 5.73 Å². The van der Waals surface area contributed by atoms with Crippen molar-refractivity contribution in [3.05, 3.63) is 47.3 Å². The van der Waals surface area contributed by atoms with E-state index in [1.165, 1.54) is 16.9 Å². The van der Waals surface area contributed by atoms with Gasteiger partial charge in [-0.2, -0.15) is 5.10 Å². The molecule has 2 aromatic rings. The van der Waals surface area contributed by atoms with Crippen molar-refractivity contribution in [2.24, 2.45) is 7.05 Å². The van der Waals surface area contributed by atoms with Crippen molar-refractivity contribution < 1.29 is 14.7 Å². The molecule has 4 N–H and O–H groups in total. The van der Waals surface area contributed by atoms with E-state index in [0.717, 1.165) is 5.56 Å². The number of aryl methyl sites for hydroxylation is 2. The van der Waals surface area contributed by atoms with E-state index in [2.05, 4.69) is 10.4 Å². The quantitative estimate of drug-likeness (QED) is 0.723. The fourth-order valence-electron chi connectivity index (χ4n) is 1.87. The highest BCUT2D eigenvalue weighted by Crippen LogP contribution is 2.16. The van der Waals surface area contributed by atoms with Gasteiger partial charge < -0.3 is 16.2 Å². The third kappa shape index (κ3) is 3.19.